The molecule has 1 aliphatic carbocycles. The molecule has 7 aromatic carbocycles. The summed E-state index contributed by atoms with van der Waals surface area (Å²) in [6.07, 6.45) is 0.966. The molecule has 0 saturated carbocycles. The molecular weight excluding hydrogens is 482 g/mol. The maximum Gasteiger partial charge on any atom is 0.0541 e. The number of fused-ring (bicyclic) bond motifs is 7. The Balaban J connectivity index is 1.29. The van der Waals surface area contributed by atoms with Crippen molar-refractivity contribution in [1.29, 1.82) is 0 Å². The fourth-order valence-corrected chi connectivity index (χ4v) is 7.07. The Kier molecular flexibility index (Phi) is 4.45. The summed E-state index contributed by atoms with van der Waals surface area (Å²) in [4.78, 5) is 0. The van der Waals surface area contributed by atoms with E-state index in [1.165, 1.54) is 82.4 Å². The van der Waals surface area contributed by atoms with E-state index < -0.39 is 0 Å². The van der Waals surface area contributed by atoms with Crippen molar-refractivity contribution in [2.75, 3.05) is 0 Å². The van der Waals surface area contributed by atoms with Crippen LogP contribution in [0.5, 0.6) is 0 Å². The molecule has 0 atom stereocenters. The van der Waals surface area contributed by atoms with Crippen LogP contribution in [-0.2, 0) is 6.42 Å². The van der Waals surface area contributed by atoms with E-state index >= 15 is 0 Å². The zero-order valence-corrected chi connectivity index (χ0v) is 21.9. The lowest BCUT2D eigenvalue weighted by molar-refractivity contribution is 1.18. The van der Waals surface area contributed by atoms with Gasteiger partial charge < -0.3 is 4.57 Å². The average molecular weight is 508 g/mol. The summed E-state index contributed by atoms with van der Waals surface area (Å²) >= 11 is 0. The minimum atomic E-state index is 0.966. The first-order valence-electron chi connectivity index (χ1n) is 14.0. The van der Waals surface area contributed by atoms with E-state index in [-0.39, 0.29) is 0 Å². The van der Waals surface area contributed by atoms with Gasteiger partial charge in [-0.05, 0) is 91.7 Å². The van der Waals surface area contributed by atoms with Crippen molar-refractivity contribution in [3.05, 3.63) is 151 Å². The monoisotopic (exact) mass is 507 g/mol. The first kappa shape index (κ1) is 21.8. The largest absolute Gasteiger partial charge is 0.309 e. The third-order valence-electron chi connectivity index (χ3n) is 8.82. The molecule has 0 saturated heterocycles. The highest BCUT2D eigenvalue weighted by molar-refractivity contribution is 6.13. The highest BCUT2D eigenvalue weighted by Gasteiger charge is 2.22. The molecular formula is C39H25N. The summed E-state index contributed by atoms with van der Waals surface area (Å²) in [6.45, 7) is 0. The van der Waals surface area contributed by atoms with Gasteiger partial charge in [-0.3, -0.25) is 0 Å². The average Bonchev–Trinajstić information content (AvgIpc) is 3.35. The van der Waals surface area contributed by atoms with E-state index in [1.54, 1.807) is 0 Å². The van der Waals surface area contributed by atoms with Crippen LogP contribution in [0.25, 0.3) is 71.3 Å². The van der Waals surface area contributed by atoms with Gasteiger partial charge in [-0.15, -0.1) is 0 Å². The summed E-state index contributed by atoms with van der Waals surface area (Å²) in [5.41, 5.74) is 11.8. The van der Waals surface area contributed by atoms with Crippen LogP contribution in [0.15, 0.2) is 140 Å². The van der Waals surface area contributed by atoms with Gasteiger partial charge in [0, 0.05) is 16.5 Å². The Labute approximate surface area is 232 Å². The second-order valence-corrected chi connectivity index (χ2v) is 10.9. The van der Waals surface area contributed by atoms with Gasteiger partial charge in [0.25, 0.3) is 0 Å². The van der Waals surface area contributed by atoms with Crippen molar-refractivity contribution < 1.29 is 0 Å². The number of nitrogens with zero attached hydrogens (tertiary/aromatic N) is 1. The Hall–Kier alpha value is -5.14. The molecule has 0 amide bonds. The lowest BCUT2D eigenvalue weighted by atomic mass is 9.80. The van der Waals surface area contributed by atoms with E-state index in [0.717, 1.165) is 6.42 Å². The van der Waals surface area contributed by atoms with E-state index in [1.807, 2.05) is 0 Å². The third kappa shape index (κ3) is 2.98. The van der Waals surface area contributed by atoms with Crippen LogP contribution in [0.1, 0.15) is 11.1 Å². The highest BCUT2D eigenvalue weighted by atomic mass is 15.0. The van der Waals surface area contributed by atoms with Crippen molar-refractivity contribution in [2.45, 2.75) is 6.42 Å². The lowest BCUT2D eigenvalue weighted by Crippen LogP contribution is -2.02. The van der Waals surface area contributed by atoms with Gasteiger partial charge in [0.05, 0.1) is 11.0 Å². The van der Waals surface area contributed by atoms with Crippen molar-refractivity contribution in [2.24, 2.45) is 0 Å². The maximum atomic E-state index is 2.39. The van der Waals surface area contributed by atoms with E-state index in [4.69, 9.17) is 0 Å². The predicted octanol–water partition coefficient (Wildman–Crippen LogP) is 10.3. The number of aromatic nitrogens is 1. The molecule has 1 heteroatoms. The molecule has 186 valence electrons. The number of hydrogen-bond acceptors (Lipinski definition) is 0. The van der Waals surface area contributed by atoms with Crippen LogP contribution in [0.2, 0.25) is 0 Å². The molecule has 1 heterocycles. The fraction of sp³-hybridized carbons (Fsp3) is 0.0256. The Morgan fingerprint density at radius 1 is 0.450 bits per heavy atom. The van der Waals surface area contributed by atoms with E-state index in [0.29, 0.717) is 0 Å². The Morgan fingerprint density at radius 2 is 1.18 bits per heavy atom. The normalized spacial score (nSPS) is 12.4. The van der Waals surface area contributed by atoms with Crippen LogP contribution in [0.3, 0.4) is 0 Å². The second-order valence-electron chi connectivity index (χ2n) is 10.9. The summed E-state index contributed by atoms with van der Waals surface area (Å²) in [6, 6.07) is 51.4. The summed E-state index contributed by atoms with van der Waals surface area (Å²) in [7, 11) is 0. The van der Waals surface area contributed by atoms with Gasteiger partial charge in [0.2, 0.25) is 0 Å². The maximum absolute atomic E-state index is 2.39. The molecule has 9 rings (SSSR count). The number of benzene rings is 7. The predicted molar refractivity (Wildman–Crippen MR) is 169 cm³/mol. The SMILES string of the molecule is c1ccc(-n2c3ccccc3c3cc(-c4ccc5c6c(cccc46)Cc4c-5ccc5ccccc45)ccc32)cc1. The lowest BCUT2D eigenvalue weighted by Gasteiger charge is -2.24. The van der Waals surface area contributed by atoms with Crippen molar-refractivity contribution in [3.63, 3.8) is 0 Å². The number of para-hydroxylation sites is 2. The van der Waals surface area contributed by atoms with E-state index in [2.05, 4.69) is 144 Å². The fourth-order valence-electron chi connectivity index (χ4n) is 7.07. The van der Waals surface area contributed by atoms with Gasteiger partial charge in [-0.25, -0.2) is 0 Å². The minimum absolute atomic E-state index is 0.966. The molecule has 8 aromatic rings. The van der Waals surface area contributed by atoms with Crippen molar-refractivity contribution >= 4 is 43.4 Å². The number of hydrogen-bond donors (Lipinski definition) is 0. The molecule has 1 aromatic heterocycles. The van der Waals surface area contributed by atoms with Gasteiger partial charge in [0.1, 0.15) is 0 Å². The Morgan fingerprint density at radius 3 is 2.10 bits per heavy atom. The molecule has 0 spiro atoms. The standard InChI is InChI=1S/C39H25N/c1-2-11-28(12-3-1)40-37-16-7-6-14-32(37)36-23-26(18-22-38(36)40)30-20-21-34-31-19-17-25-9-4-5-13-29(25)35(31)24-27-10-8-15-33(30)39(27)34/h1-23H,24H2. The molecule has 0 bridgehead atoms. The van der Waals surface area contributed by atoms with Gasteiger partial charge in [-0.2, -0.15) is 0 Å². The van der Waals surface area contributed by atoms with Crippen LogP contribution in [0.4, 0.5) is 0 Å². The first-order chi connectivity index (χ1) is 19.8. The van der Waals surface area contributed by atoms with E-state index in [9.17, 15) is 0 Å². The van der Waals surface area contributed by atoms with Gasteiger partial charge in [0.15, 0.2) is 0 Å². The van der Waals surface area contributed by atoms with Crippen LogP contribution >= 0.6 is 0 Å². The third-order valence-corrected chi connectivity index (χ3v) is 8.82. The highest BCUT2D eigenvalue weighted by Crippen LogP contribution is 2.45. The van der Waals surface area contributed by atoms with Gasteiger partial charge >= 0.3 is 0 Å². The minimum Gasteiger partial charge on any atom is -0.309 e. The summed E-state index contributed by atoms with van der Waals surface area (Å²) in [5, 5.41) is 7.99. The quantitative estimate of drug-likeness (QED) is 0.219. The van der Waals surface area contributed by atoms with Crippen LogP contribution in [-0.4, -0.2) is 4.57 Å². The second kappa shape index (κ2) is 8.18. The molecule has 0 fully saturated rings. The summed E-state index contributed by atoms with van der Waals surface area (Å²) < 4.78 is 2.38. The molecule has 0 aliphatic heterocycles. The number of rotatable bonds is 2. The van der Waals surface area contributed by atoms with Crippen LogP contribution in [0, 0.1) is 0 Å². The zero-order valence-electron chi connectivity index (χ0n) is 21.9. The molecule has 0 radical (unpaired) electrons. The van der Waals surface area contributed by atoms with Crippen LogP contribution < -0.4 is 0 Å². The summed E-state index contributed by atoms with van der Waals surface area (Å²) in [5.74, 6) is 0. The topological polar surface area (TPSA) is 4.93 Å². The zero-order chi connectivity index (χ0) is 26.2. The smallest absolute Gasteiger partial charge is 0.0541 e. The molecule has 1 aliphatic rings. The first-order valence-corrected chi connectivity index (χ1v) is 14.0. The molecule has 0 N–H and O–H groups in total. The van der Waals surface area contributed by atoms with Crippen molar-refractivity contribution in [3.8, 4) is 27.9 Å². The van der Waals surface area contributed by atoms with Gasteiger partial charge in [-0.1, -0.05) is 109 Å². The Bertz CT molecular complexity index is 2290. The molecule has 0 unspecified atom stereocenters. The van der Waals surface area contributed by atoms with Crippen molar-refractivity contribution in [1.82, 2.24) is 4.57 Å². The molecule has 40 heavy (non-hydrogen) atoms. The molecule has 1 nitrogen and oxygen atoms in total.